The standard InChI is InChI=1S/C18H28N2O/c1-14(16-7-10-21-11-8-16)19-13-15-5-6-18-17(12-15)4-3-9-20(18)2/h5-6,12,14,16,19H,3-4,7-11,13H2,1-2H3. The Morgan fingerprint density at radius 2 is 2.14 bits per heavy atom. The summed E-state index contributed by atoms with van der Waals surface area (Å²) in [5, 5.41) is 3.72. The fraction of sp³-hybridized carbons (Fsp3) is 0.667. The second kappa shape index (κ2) is 6.80. The maximum Gasteiger partial charge on any atom is 0.0469 e. The topological polar surface area (TPSA) is 24.5 Å². The first-order chi connectivity index (χ1) is 10.2. The molecule has 3 rings (SSSR count). The number of ether oxygens (including phenoxy) is 1. The van der Waals surface area contributed by atoms with Gasteiger partial charge in [-0.3, -0.25) is 0 Å². The molecule has 2 aliphatic heterocycles. The highest BCUT2D eigenvalue weighted by atomic mass is 16.5. The van der Waals surface area contributed by atoms with Crippen LogP contribution >= 0.6 is 0 Å². The van der Waals surface area contributed by atoms with Gasteiger partial charge in [-0.2, -0.15) is 0 Å². The van der Waals surface area contributed by atoms with Crippen LogP contribution in [-0.2, 0) is 17.7 Å². The van der Waals surface area contributed by atoms with Crippen LogP contribution in [0.2, 0.25) is 0 Å². The molecule has 3 heteroatoms. The molecule has 116 valence electrons. The van der Waals surface area contributed by atoms with E-state index < -0.39 is 0 Å². The lowest BCUT2D eigenvalue weighted by molar-refractivity contribution is 0.0558. The largest absolute Gasteiger partial charge is 0.381 e. The summed E-state index contributed by atoms with van der Waals surface area (Å²) in [6.45, 7) is 6.35. The Morgan fingerprint density at radius 3 is 2.95 bits per heavy atom. The van der Waals surface area contributed by atoms with E-state index in [2.05, 4.69) is 42.4 Å². The van der Waals surface area contributed by atoms with Gasteiger partial charge in [-0.15, -0.1) is 0 Å². The van der Waals surface area contributed by atoms with Crippen molar-refractivity contribution in [1.29, 1.82) is 0 Å². The second-order valence-electron chi connectivity index (χ2n) is 6.61. The number of rotatable bonds is 4. The summed E-state index contributed by atoms with van der Waals surface area (Å²) in [6, 6.07) is 7.55. The number of fused-ring (bicyclic) bond motifs is 1. The summed E-state index contributed by atoms with van der Waals surface area (Å²) in [5.41, 5.74) is 4.35. The van der Waals surface area contributed by atoms with Crippen LogP contribution in [0.15, 0.2) is 18.2 Å². The van der Waals surface area contributed by atoms with Crippen LogP contribution in [0.4, 0.5) is 5.69 Å². The van der Waals surface area contributed by atoms with Crippen molar-refractivity contribution in [3.05, 3.63) is 29.3 Å². The molecule has 0 aliphatic carbocycles. The number of anilines is 1. The Labute approximate surface area is 128 Å². The van der Waals surface area contributed by atoms with Crippen molar-refractivity contribution in [2.75, 3.05) is 31.7 Å². The summed E-state index contributed by atoms with van der Waals surface area (Å²) in [4.78, 5) is 2.38. The number of hydrogen-bond acceptors (Lipinski definition) is 3. The maximum absolute atomic E-state index is 5.45. The van der Waals surface area contributed by atoms with E-state index >= 15 is 0 Å². The molecule has 1 aromatic carbocycles. The molecule has 2 aliphatic rings. The predicted octanol–water partition coefficient (Wildman–Crippen LogP) is 2.97. The molecule has 1 N–H and O–H groups in total. The lowest BCUT2D eigenvalue weighted by Gasteiger charge is -2.29. The van der Waals surface area contributed by atoms with E-state index in [9.17, 15) is 0 Å². The van der Waals surface area contributed by atoms with Gasteiger partial charge in [-0.05, 0) is 55.7 Å². The quantitative estimate of drug-likeness (QED) is 0.922. The van der Waals surface area contributed by atoms with Crippen molar-refractivity contribution in [3.8, 4) is 0 Å². The van der Waals surface area contributed by atoms with E-state index in [-0.39, 0.29) is 0 Å². The average Bonchev–Trinajstić information content (AvgIpc) is 2.53. The second-order valence-corrected chi connectivity index (χ2v) is 6.61. The minimum Gasteiger partial charge on any atom is -0.381 e. The van der Waals surface area contributed by atoms with Gasteiger partial charge in [-0.25, -0.2) is 0 Å². The molecule has 0 aromatic heterocycles. The Balaban J connectivity index is 1.57. The highest BCUT2D eigenvalue weighted by Gasteiger charge is 2.20. The highest BCUT2D eigenvalue weighted by Crippen LogP contribution is 2.27. The predicted molar refractivity (Wildman–Crippen MR) is 87.9 cm³/mol. The third-order valence-corrected chi connectivity index (χ3v) is 5.10. The fourth-order valence-corrected chi connectivity index (χ4v) is 3.61. The number of nitrogens with one attached hydrogen (secondary N) is 1. The van der Waals surface area contributed by atoms with Gasteiger partial charge in [0.1, 0.15) is 0 Å². The molecular formula is C18H28N2O. The van der Waals surface area contributed by atoms with Crippen LogP contribution in [0, 0.1) is 5.92 Å². The number of hydrogen-bond donors (Lipinski definition) is 1. The zero-order valence-electron chi connectivity index (χ0n) is 13.4. The van der Waals surface area contributed by atoms with Gasteiger partial charge in [0.25, 0.3) is 0 Å². The van der Waals surface area contributed by atoms with Crippen molar-refractivity contribution < 1.29 is 4.74 Å². The summed E-state index contributed by atoms with van der Waals surface area (Å²) in [5.74, 6) is 0.766. The molecule has 1 aromatic rings. The van der Waals surface area contributed by atoms with Crippen molar-refractivity contribution >= 4 is 5.69 Å². The molecule has 1 fully saturated rings. The molecule has 1 unspecified atom stereocenters. The third kappa shape index (κ3) is 3.58. The smallest absolute Gasteiger partial charge is 0.0469 e. The summed E-state index contributed by atoms with van der Waals surface area (Å²) in [6.07, 6.45) is 4.90. The zero-order chi connectivity index (χ0) is 14.7. The van der Waals surface area contributed by atoms with Gasteiger partial charge >= 0.3 is 0 Å². The van der Waals surface area contributed by atoms with Crippen molar-refractivity contribution in [1.82, 2.24) is 5.32 Å². The van der Waals surface area contributed by atoms with Crippen LogP contribution < -0.4 is 10.2 Å². The maximum atomic E-state index is 5.45. The lowest BCUT2D eigenvalue weighted by Crippen LogP contribution is -2.36. The molecule has 0 radical (unpaired) electrons. The molecule has 0 amide bonds. The Bertz CT molecular complexity index is 468. The van der Waals surface area contributed by atoms with Crippen LogP contribution in [0.3, 0.4) is 0 Å². The number of benzene rings is 1. The van der Waals surface area contributed by atoms with Crippen LogP contribution in [0.5, 0.6) is 0 Å². The first kappa shape index (κ1) is 14.9. The van der Waals surface area contributed by atoms with Gasteiger partial charge in [0.2, 0.25) is 0 Å². The molecule has 0 bridgehead atoms. The van der Waals surface area contributed by atoms with Gasteiger partial charge in [0, 0.05) is 45.1 Å². The molecule has 2 heterocycles. The minimum absolute atomic E-state index is 0.576. The monoisotopic (exact) mass is 288 g/mol. The van der Waals surface area contributed by atoms with Crippen LogP contribution in [0.1, 0.15) is 37.3 Å². The van der Waals surface area contributed by atoms with E-state index in [4.69, 9.17) is 4.74 Å². The number of aryl methyl sites for hydroxylation is 1. The van der Waals surface area contributed by atoms with Crippen molar-refractivity contribution in [2.24, 2.45) is 5.92 Å². The van der Waals surface area contributed by atoms with Gasteiger partial charge in [0.15, 0.2) is 0 Å². The van der Waals surface area contributed by atoms with E-state index in [0.29, 0.717) is 6.04 Å². The third-order valence-electron chi connectivity index (χ3n) is 5.10. The zero-order valence-corrected chi connectivity index (χ0v) is 13.4. The summed E-state index contributed by atoms with van der Waals surface area (Å²) >= 11 is 0. The van der Waals surface area contributed by atoms with E-state index in [1.807, 2.05) is 0 Å². The highest BCUT2D eigenvalue weighted by molar-refractivity contribution is 5.56. The first-order valence-corrected chi connectivity index (χ1v) is 8.38. The van der Waals surface area contributed by atoms with Gasteiger partial charge < -0.3 is 15.0 Å². The summed E-state index contributed by atoms with van der Waals surface area (Å²) in [7, 11) is 2.20. The molecule has 1 atom stereocenters. The molecule has 21 heavy (non-hydrogen) atoms. The van der Waals surface area contributed by atoms with Crippen molar-refractivity contribution in [2.45, 2.75) is 45.2 Å². The van der Waals surface area contributed by atoms with Crippen molar-refractivity contribution in [3.63, 3.8) is 0 Å². The fourth-order valence-electron chi connectivity index (χ4n) is 3.61. The van der Waals surface area contributed by atoms with Gasteiger partial charge in [0.05, 0.1) is 0 Å². The molecule has 3 nitrogen and oxygen atoms in total. The van der Waals surface area contributed by atoms with E-state index in [1.165, 1.54) is 49.0 Å². The van der Waals surface area contributed by atoms with Crippen LogP contribution in [-0.4, -0.2) is 32.8 Å². The molecular weight excluding hydrogens is 260 g/mol. The summed E-state index contributed by atoms with van der Waals surface area (Å²) < 4.78 is 5.45. The van der Waals surface area contributed by atoms with E-state index in [0.717, 1.165) is 25.7 Å². The van der Waals surface area contributed by atoms with Gasteiger partial charge in [-0.1, -0.05) is 12.1 Å². The average molecular weight is 288 g/mol. The van der Waals surface area contributed by atoms with Crippen LogP contribution in [0.25, 0.3) is 0 Å². The minimum atomic E-state index is 0.576. The lowest BCUT2D eigenvalue weighted by atomic mass is 9.92. The Kier molecular flexibility index (Phi) is 4.81. The van der Waals surface area contributed by atoms with E-state index in [1.54, 1.807) is 0 Å². The SMILES string of the molecule is CC(NCc1ccc2c(c1)CCCN2C)C1CCOCC1. The Hall–Kier alpha value is -1.06. The number of nitrogens with zero attached hydrogens (tertiary/aromatic N) is 1. The first-order valence-electron chi connectivity index (χ1n) is 8.38. The normalized spacial score (nSPS) is 21.1. The molecule has 0 saturated carbocycles. The molecule has 0 spiro atoms. The Morgan fingerprint density at radius 1 is 1.33 bits per heavy atom. The molecule has 1 saturated heterocycles.